The Bertz CT molecular complexity index is 1670. The molecule has 9 heteroatoms. The Morgan fingerprint density at radius 3 is 2.02 bits per heavy atom. The summed E-state index contributed by atoms with van der Waals surface area (Å²) in [5.74, 6) is -0.831. The molecule has 0 fully saturated rings. The first kappa shape index (κ1) is 33.7. The smallest absolute Gasteiger partial charge is 0.264 e. The van der Waals surface area contributed by atoms with Crippen LogP contribution in [0.15, 0.2) is 114 Å². The van der Waals surface area contributed by atoms with Crippen molar-refractivity contribution < 1.29 is 18.0 Å². The highest BCUT2D eigenvalue weighted by Crippen LogP contribution is 2.26. The van der Waals surface area contributed by atoms with Crippen LogP contribution >= 0.6 is 11.6 Å². The van der Waals surface area contributed by atoms with Gasteiger partial charge in [-0.1, -0.05) is 98.2 Å². The summed E-state index contributed by atoms with van der Waals surface area (Å²) >= 11 is 6.31. The summed E-state index contributed by atoms with van der Waals surface area (Å²) in [6, 6.07) is 30.7. The number of amides is 2. The maximum absolute atomic E-state index is 14.5. The second-order valence-corrected chi connectivity index (χ2v) is 13.3. The number of rotatable bonds is 14. The van der Waals surface area contributed by atoms with E-state index in [1.165, 1.54) is 17.0 Å². The highest BCUT2D eigenvalue weighted by molar-refractivity contribution is 7.92. The van der Waals surface area contributed by atoms with Crippen LogP contribution in [0.1, 0.15) is 43.9 Å². The number of anilines is 1. The summed E-state index contributed by atoms with van der Waals surface area (Å²) in [7, 11) is -4.15. The Hall–Kier alpha value is -4.14. The molecular formula is C36H40ClN3O4S. The number of sulfonamides is 1. The highest BCUT2D eigenvalue weighted by atomic mass is 35.5. The van der Waals surface area contributed by atoms with Gasteiger partial charge >= 0.3 is 0 Å². The molecule has 45 heavy (non-hydrogen) atoms. The van der Waals surface area contributed by atoms with E-state index in [0.29, 0.717) is 17.1 Å². The Balaban J connectivity index is 1.80. The molecule has 0 unspecified atom stereocenters. The second kappa shape index (κ2) is 15.7. The van der Waals surface area contributed by atoms with E-state index >= 15 is 0 Å². The van der Waals surface area contributed by atoms with Gasteiger partial charge in [0.25, 0.3) is 10.0 Å². The quantitative estimate of drug-likeness (QED) is 0.166. The minimum Gasteiger partial charge on any atom is -0.352 e. The maximum atomic E-state index is 14.5. The molecule has 0 aliphatic carbocycles. The normalized spacial score (nSPS) is 12.6. The summed E-state index contributed by atoms with van der Waals surface area (Å²) < 4.78 is 29.3. The van der Waals surface area contributed by atoms with Crippen LogP contribution in [0, 0.1) is 0 Å². The van der Waals surface area contributed by atoms with E-state index in [2.05, 4.69) is 5.32 Å². The van der Waals surface area contributed by atoms with E-state index in [1.807, 2.05) is 69.3 Å². The molecule has 0 radical (unpaired) electrons. The Labute approximate surface area is 271 Å². The summed E-state index contributed by atoms with van der Waals surface area (Å²) in [5.41, 5.74) is 2.98. The van der Waals surface area contributed by atoms with Crippen LogP contribution in [-0.4, -0.2) is 43.8 Å². The van der Waals surface area contributed by atoms with Crippen LogP contribution in [0.5, 0.6) is 0 Å². The van der Waals surface area contributed by atoms with Crippen molar-refractivity contribution >= 4 is 39.1 Å². The molecule has 4 rings (SSSR count). The van der Waals surface area contributed by atoms with Crippen molar-refractivity contribution in [2.45, 2.75) is 63.6 Å². The number of nitrogens with zero attached hydrogens (tertiary/aromatic N) is 2. The molecule has 0 heterocycles. The van der Waals surface area contributed by atoms with Gasteiger partial charge in [-0.05, 0) is 72.9 Å². The van der Waals surface area contributed by atoms with E-state index < -0.39 is 28.5 Å². The second-order valence-electron chi connectivity index (χ2n) is 11.0. The SMILES string of the molecule is CCc1ccc(N(CC(=O)N(Cc2cccc(Cl)c2)[C@H](Cc2ccccc2)C(=O)N[C@@H](C)CC)S(=O)(=O)c2ccccc2)cc1. The third kappa shape index (κ3) is 8.96. The van der Waals surface area contributed by atoms with Gasteiger partial charge in [-0.2, -0.15) is 0 Å². The molecule has 0 aliphatic heterocycles. The van der Waals surface area contributed by atoms with Gasteiger partial charge in [-0.3, -0.25) is 13.9 Å². The molecule has 0 bridgehead atoms. The lowest BCUT2D eigenvalue weighted by molar-refractivity contribution is -0.140. The van der Waals surface area contributed by atoms with Crippen LogP contribution in [0.3, 0.4) is 0 Å². The van der Waals surface area contributed by atoms with Crippen molar-refractivity contribution in [1.29, 1.82) is 0 Å². The van der Waals surface area contributed by atoms with E-state index in [9.17, 15) is 18.0 Å². The average molecular weight is 646 g/mol. The third-order valence-corrected chi connectivity index (χ3v) is 9.78. The third-order valence-electron chi connectivity index (χ3n) is 7.76. The van der Waals surface area contributed by atoms with E-state index in [0.717, 1.165) is 27.4 Å². The summed E-state index contributed by atoms with van der Waals surface area (Å²) in [5, 5.41) is 3.54. The summed E-state index contributed by atoms with van der Waals surface area (Å²) in [4.78, 5) is 30.0. The lowest BCUT2D eigenvalue weighted by Crippen LogP contribution is -2.54. The fourth-order valence-electron chi connectivity index (χ4n) is 4.97. The van der Waals surface area contributed by atoms with Crippen molar-refractivity contribution in [3.8, 4) is 0 Å². The molecule has 0 saturated heterocycles. The Kier molecular flexibility index (Phi) is 11.8. The van der Waals surface area contributed by atoms with Gasteiger partial charge in [0.05, 0.1) is 10.6 Å². The zero-order chi connectivity index (χ0) is 32.4. The molecule has 1 N–H and O–H groups in total. The van der Waals surface area contributed by atoms with Crippen molar-refractivity contribution in [1.82, 2.24) is 10.2 Å². The zero-order valence-corrected chi connectivity index (χ0v) is 27.5. The molecular weight excluding hydrogens is 606 g/mol. The minimum absolute atomic E-state index is 0.0544. The number of aryl methyl sites for hydroxylation is 1. The molecule has 4 aromatic rings. The minimum atomic E-state index is -4.15. The first-order valence-corrected chi connectivity index (χ1v) is 17.0. The zero-order valence-electron chi connectivity index (χ0n) is 25.9. The van der Waals surface area contributed by atoms with Crippen molar-refractivity contribution in [2.75, 3.05) is 10.8 Å². The first-order valence-electron chi connectivity index (χ1n) is 15.2. The number of hydrogen-bond acceptors (Lipinski definition) is 4. The van der Waals surface area contributed by atoms with Gasteiger partial charge in [-0.15, -0.1) is 0 Å². The summed E-state index contributed by atoms with van der Waals surface area (Å²) in [6.07, 6.45) is 1.74. The average Bonchev–Trinajstić information content (AvgIpc) is 3.06. The molecule has 0 aromatic heterocycles. The monoisotopic (exact) mass is 645 g/mol. The van der Waals surface area contributed by atoms with Gasteiger partial charge in [0, 0.05) is 24.0 Å². The molecule has 0 aliphatic rings. The van der Waals surface area contributed by atoms with E-state index in [4.69, 9.17) is 11.6 Å². The highest BCUT2D eigenvalue weighted by Gasteiger charge is 2.35. The number of halogens is 1. The van der Waals surface area contributed by atoms with Crippen LogP contribution in [-0.2, 0) is 39.0 Å². The molecule has 4 aromatic carbocycles. The first-order chi connectivity index (χ1) is 21.6. The molecule has 7 nitrogen and oxygen atoms in total. The fourth-order valence-corrected chi connectivity index (χ4v) is 6.62. The van der Waals surface area contributed by atoms with Gasteiger partial charge < -0.3 is 10.2 Å². The number of benzene rings is 4. The molecule has 0 spiro atoms. The molecule has 236 valence electrons. The van der Waals surface area contributed by atoms with Crippen molar-refractivity contribution in [2.24, 2.45) is 0 Å². The van der Waals surface area contributed by atoms with Gasteiger partial charge in [0.15, 0.2) is 0 Å². The number of carbonyl (C=O) groups excluding carboxylic acids is 2. The standard InChI is InChI=1S/C36H40ClN3O4S/c1-4-27(3)38-36(42)34(24-29-13-8-6-9-14-29)39(25-30-15-12-16-31(37)23-30)35(41)26-40(32-21-19-28(5-2)20-22-32)45(43,44)33-17-10-7-11-18-33/h6-23,27,34H,4-5,24-26H2,1-3H3,(H,38,42)/t27-,34+/m0/s1. The fraction of sp³-hybridized carbons (Fsp3) is 0.278. The van der Waals surface area contributed by atoms with Crippen LogP contribution in [0.2, 0.25) is 5.02 Å². The van der Waals surface area contributed by atoms with Crippen LogP contribution in [0.25, 0.3) is 0 Å². The topological polar surface area (TPSA) is 86.8 Å². The Morgan fingerprint density at radius 1 is 0.800 bits per heavy atom. The predicted molar refractivity (Wildman–Crippen MR) is 181 cm³/mol. The largest absolute Gasteiger partial charge is 0.352 e. The number of carbonyl (C=O) groups is 2. The number of nitrogens with one attached hydrogen (secondary N) is 1. The van der Waals surface area contributed by atoms with Crippen molar-refractivity contribution in [3.63, 3.8) is 0 Å². The maximum Gasteiger partial charge on any atom is 0.264 e. The van der Waals surface area contributed by atoms with Crippen LogP contribution in [0.4, 0.5) is 5.69 Å². The summed E-state index contributed by atoms with van der Waals surface area (Å²) in [6.45, 7) is 5.45. The number of hydrogen-bond donors (Lipinski definition) is 1. The van der Waals surface area contributed by atoms with Gasteiger partial charge in [0.1, 0.15) is 12.6 Å². The van der Waals surface area contributed by atoms with E-state index in [-0.39, 0.29) is 29.8 Å². The molecule has 2 amide bonds. The van der Waals surface area contributed by atoms with Gasteiger partial charge in [-0.25, -0.2) is 8.42 Å². The van der Waals surface area contributed by atoms with Crippen molar-refractivity contribution in [3.05, 3.63) is 131 Å². The Morgan fingerprint density at radius 2 is 1.42 bits per heavy atom. The lowest BCUT2D eigenvalue weighted by Gasteiger charge is -2.34. The van der Waals surface area contributed by atoms with Crippen LogP contribution < -0.4 is 9.62 Å². The lowest BCUT2D eigenvalue weighted by atomic mass is 10.0. The van der Waals surface area contributed by atoms with E-state index in [1.54, 1.807) is 48.5 Å². The molecule has 0 saturated carbocycles. The van der Waals surface area contributed by atoms with Gasteiger partial charge in [0.2, 0.25) is 11.8 Å². The predicted octanol–water partition coefficient (Wildman–Crippen LogP) is 6.65. The molecule has 2 atom stereocenters.